The summed E-state index contributed by atoms with van der Waals surface area (Å²) in [4.78, 5) is 38.1. The van der Waals surface area contributed by atoms with Gasteiger partial charge in [0.2, 0.25) is 0 Å². The van der Waals surface area contributed by atoms with Crippen molar-refractivity contribution in [2.24, 2.45) is 0 Å². The smallest absolute Gasteiger partial charge is 0.306 e. The first-order valence-electron chi connectivity index (χ1n) is 32.0. The van der Waals surface area contributed by atoms with Gasteiger partial charge in [-0.1, -0.05) is 308 Å². The van der Waals surface area contributed by atoms with Crippen molar-refractivity contribution >= 4 is 17.9 Å². The molecule has 6 nitrogen and oxygen atoms in total. The van der Waals surface area contributed by atoms with Crippen molar-refractivity contribution in [2.75, 3.05) is 13.2 Å². The highest BCUT2D eigenvalue weighted by atomic mass is 16.6. The molecule has 1 atom stereocenters. The van der Waals surface area contributed by atoms with E-state index >= 15 is 0 Å². The Morgan fingerprint density at radius 3 is 0.778 bits per heavy atom. The Hall–Kier alpha value is -2.37. The summed E-state index contributed by atoms with van der Waals surface area (Å²) in [5, 5.41) is 0. The number of ether oxygens (including phenoxy) is 3. The lowest BCUT2D eigenvalue weighted by molar-refractivity contribution is -0.167. The van der Waals surface area contributed by atoms with E-state index in [1.807, 2.05) is 0 Å². The van der Waals surface area contributed by atoms with Gasteiger partial charge in [-0.25, -0.2) is 0 Å². The fraction of sp³-hybridized carbons (Fsp3) is 0.864. The average Bonchev–Trinajstić information content (AvgIpc) is 3.38. The Balaban J connectivity index is 4.14. The number of carbonyl (C=O) groups excluding carboxylic acids is 3. The number of allylic oxidation sites excluding steroid dienone is 6. The van der Waals surface area contributed by atoms with Crippen LogP contribution >= 0.6 is 0 Å². The lowest BCUT2D eigenvalue weighted by atomic mass is 10.0. The number of carbonyl (C=O) groups is 3. The first kappa shape index (κ1) is 69.6. The molecule has 0 amide bonds. The molecule has 0 aromatic heterocycles. The van der Waals surface area contributed by atoms with Crippen LogP contribution in [0.4, 0.5) is 0 Å². The minimum Gasteiger partial charge on any atom is -0.462 e. The highest BCUT2D eigenvalue weighted by Gasteiger charge is 2.19. The predicted octanol–water partition coefficient (Wildman–Crippen LogP) is 21.6. The zero-order chi connectivity index (χ0) is 52.2. The molecular formula is C66H122O6. The maximum atomic E-state index is 12.9. The summed E-state index contributed by atoms with van der Waals surface area (Å²) in [6, 6.07) is 0. The molecule has 0 aliphatic carbocycles. The average molecular weight is 1010 g/mol. The molecule has 0 rings (SSSR count). The van der Waals surface area contributed by atoms with E-state index < -0.39 is 6.10 Å². The Bertz CT molecular complexity index is 1210. The molecule has 0 aliphatic heterocycles. The first-order chi connectivity index (χ1) is 35.5. The van der Waals surface area contributed by atoms with Crippen molar-refractivity contribution in [3.8, 4) is 0 Å². The highest BCUT2D eigenvalue weighted by molar-refractivity contribution is 5.71. The standard InChI is InChI=1S/C66H122O6/c1-4-7-10-13-16-19-21-23-25-27-29-31-32-33-34-36-37-39-41-43-45-47-50-53-56-59-65(68)71-62-63(61-70-64(67)58-55-52-49-18-15-12-9-6-3)72-66(69)60-57-54-51-48-46-44-42-40-38-35-30-28-26-24-22-20-17-14-11-8-5-2/h21,23,27,29,32-33,63H,4-20,22,24-26,28,30-31,34-62H2,1-3H3/b23-21-,29-27-,33-32-. The van der Waals surface area contributed by atoms with Crippen molar-refractivity contribution < 1.29 is 28.6 Å². The zero-order valence-corrected chi connectivity index (χ0v) is 48.5. The number of rotatable bonds is 59. The van der Waals surface area contributed by atoms with Crippen molar-refractivity contribution in [1.82, 2.24) is 0 Å². The molecule has 0 aromatic rings. The van der Waals surface area contributed by atoms with Crippen molar-refractivity contribution in [3.63, 3.8) is 0 Å². The van der Waals surface area contributed by atoms with Gasteiger partial charge in [-0.3, -0.25) is 14.4 Å². The van der Waals surface area contributed by atoms with E-state index in [-0.39, 0.29) is 31.1 Å². The molecule has 0 fully saturated rings. The van der Waals surface area contributed by atoms with Gasteiger partial charge in [0.25, 0.3) is 0 Å². The van der Waals surface area contributed by atoms with Crippen LogP contribution in [0.2, 0.25) is 0 Å². The minimum absolute atomic E-state index is 0.0686. The lowest BCUT2D eigenvalue weighted by Gasteiger charge is -2.18. The minimum atomic E-state index is -0.769. The SMILES string of the molecule is CCCCCCC/C=C\C/C=C\C/C=C\CCCCCCCCCCCCC(=O)OCC(COC(=O)CCCCCCCCCC)OC(=O)CCCCCCCCCCCCCCCCCCCCCCC. The van der Waals surface area contributed by atoms with Gasteiger partial charge in [0.1, 0.15) is 13.2 Å². The van der Waals surface area contributed by atoms with Gasteiger partial charge in [-0.2, -0.15) is 0 Å². The quantitative estimate of drug-likeness (QED) is 0.0261. The van der Waals surface area contributed by atoms with Crippen molar-refractivity contribution in [2.45, 2.75) is 354 Å². The van der Waals surface area contributed by atoms with Gasteiger partial charge in [0.15, 0.2) is 6.10 Å². The van der Waals surface area contributed by atoms with Crippen LogP contribution in [0.3, 0.4) is 0 Å². The second kappa shape index (κ2) is 61.2. The topological polar surface area (TPSA) is 78.9 Å². The Morgan fingerprint density at radius 1 is 0.278 bits per heavy atom. The van der Waals surface area contributed by atoms with Gasteiger partial charge in [-0.15, -0.1) is 0 Å². The molecule has 0 radical (unpaired) electrons. The van der Waals surface area contributed by atoms with E-state index in [2.05, 4.69) is 57.2 Å². The molecule has 72 heavy (non-hydrogen) atoms. The third-order valence-corrected chi connectivity index (χ3v) is 14.4. The van der Waals surface area contributed by atoms with Crippen LogP contribution < -0.4 is 0 Å². The van der Waals surface area contributed by atoms with E-state index in [1.165, 1.54) is 238 Å². The monoisotopic (exact) mass is 1010 g/mol. The maximum Gasteiger partial charge on any atom is 0.306 e. The number of hydrogen-bond donors (Lipinski definition) is 0. The molecule has 0 aromatic carbocycles. The van der Waals surface area contributed by atoms with E-state index in [4.69, 9.17) is 14.2 Å². The molecular weight excluding hydrogens is 889 g/mol. The number of unbranched alkanes of at least 4 members (excludes halogenated alkanes) is 42. The molecule has 0 saturated heterocycles. The van der Waals surface area contributed by atoms with Crippen molar-refractivity contribution in [1.29, 1.82) is 0 Å². The number of hydrogen-bond acceptors (Lipinski definition) is 6. The maximum absolute atomic E-state index is 12.9. The van der Waals surface area contributed by atoms with E-state index in [9.17, 15) is 14.4 Å². The summed E-state index contributed by atoms with van der Waals surface area (Å²) in [6.07, 6.45) is 74.5. The van der Waals surface area contributed by atoms with Gasteiger partial charge in [-0.05, 0) is 57.8 Å². The Morgan fingerprint density at radius 2 is 0.500 bits per heavy atom. The molecule has 0 bridgehead atoms. The van der Waals surface area contributed by atoms with Gasteiger partial charge in [0, 0.05) is 19.3 Å². The summed E-state index contributed by atoms with van der Waals surface area (Å²) < 4.78 is 16.9. The highest BCUT2D eigenvalue weighted by Crippen LogP contribution is 2.18. The predicted molar refractivity (Wildman–Crippen MR) is 312 cm³/mol. The van der Waals surface area contributed by atoms with Gasteiger partial charge >= 0.3 is 17.9 Å². The van der Waals surface area contributed by atoms with E-state index in [0.717, 1.165) is 70.6 Å². The first-order valence-corrected chi connectivity index (χ1v) is 32.0. The molecule has 0 heterocycles. The lowest BCUT2D eigenvalue weighted by Crippen LogP contribution is -2.30. The third-order valence-electron chi connectivity index (χ3n) is 14.4. The molecule has 422 valence electrons. The van der Waals surface area contributed by atoms with E-state index in [0.29, 0.717) is 19.3 Å². The van der Waals surface area contributed by atoms with Crippen LogP contribution in [0.15, 0.2) is 36.5 Å². The van der Waals surface area contributed by atoms with Crippen LogP contribution in [0.5, 0.6) is 0 Å². The summed E-state index contributed by atoms with van der Waals surface area (Å²) in [5.74, 6) is -0.855. The van der Waals surface area contributed by atoms with Gasteiger partial charge < -0.3 is 14.2 Å². The summed E-state index contributed by atoms with van der Waals surface area (Å²) in [7, 11) is 0. The summed E-state index contributed by atoms with van der Waals surface area (Å²) >= 11 is 0. The van der Waals surface area contributed by atoms with Crippen molar-refractivity contribution in [3.05, 3.63) is 36.5 Å². The fourth-order valence-corrected chi connectivity index (χ4v) is 9.57. The van der Waals surface area contributed by atoms with Crippen LogP contribution in [0.25, 0.3) is 0 Å². The largest absolute Gasteiger partial charge is 0.462 e. The van der Waals surface area contributed by atoms with Crippen LogP contribution in [-0.2, 0) is 28.6 Å². The van der Waals surface area contributed by atoms with Crippen LogP contribution in [0.1, 0.15) is 348 Å². The zero-order valence-electron chi connectivity index (χ0n) is 48.5. The van der Waals surface area contributed by atoms with Crippen LogP contribution in [0, 0.1) is 0 Å². The molecule has 1 unspecified atom stereocenters. The van der Waals surface area contributed by atoms with Gasteiger partial charge in [0.05, 0.1) is 0 Å². The second-order valence-electron chi connectivity index (χ2n) is 21.7. The molecule has 0 N–H and O–H groups in total. The summed E-state index contributed by atoms with van der Waals surface area (Å²) in [6.45, 7) is 6.65. The molecule has 0 spiro atoms. The number of esters is 3. The third kappa shape index (κ3) is 58.5. The van der Waals surface area contributed by atoms with E-state index in [1.54, 1.807) is 0 Å². The molecule has 0 saturated carbocycles. The van der Waals surface area contributed by atoms with Crippen LogP contribution in [-0.4, -0.2) is 37.2 Å². The fourth-order valence-electron chi connectivity index (χ4n) is 9.57. The molecule has 6 heteroatoms. The molecule has 0 aliphatic rings. The normalized spacial score (nSPS) is 12.2. The Labute approximate surface area is 448 Å². The second-order valence-corrected chi connectivity index (χ2v) is 21.7. The Kier molecular flexibility index (Phi) is 59.2. The summed E-state index contributed by atoms with van der Waals surface area (Å²) in [5.41, 5.74) is 0.